The number of ether oxygens (including phenoxy) is 1. The van der Waals surface area contributed by atoms with E-state index < -0.39 is 5.92 Å². The second-order valence-electron chi connectivity index (χ2n) is 8.31. The Hall–Kier alpha value is -2.50. The highest BCUT2D eigenvalue weighted by Gasteiger charge is 2.41. The third-order valence-corrected chi connectivity index (χ3v) is 7.30. The van der Waals surface area contributed by atoms with Crippen molar-refractivity contribution in [1.82, 2.24) is 5.32 Å². The molecular weight excluding hydrogens is 454 g/mol. The Morgan fingerprint density at radius 3 is 2.52 bits per heavy atom. The number of hydrogen-bond acceptors (Lipinski definition) is 5. The van der Waals surface area contributed by atoms with Crippen molar-refractivity contribution in [3.05, 3.63) is 93.3 Å². The molecule has 2 atom stereocenters. The van der Waals surface area contributed by atoms with Gasteiger partial charge in [-0.05, 0) is 48.3 Å². The number of hydrogen-bond donors (Lipinski definition) is 1. The first kappa shape index (κ1) is 23.7. The quantitative estimate of drug-likeness (QED) is 0.388. The van der Waals surface area contributed by atoms with Gasteiger partial charge in [-0.1, -0.05) is 61.0 Å². The van der Waals surface area contributed by atoms with Gasteiger partial charge in [-0.2, -0.15) is 11.8 Å². The van der Waals surface area contributed by atoms with Crippen LogP contribution in [0.25, 0.3) is 0 Å². The number of allylic oxidation sites excluding steroid dienone is 3. The summed E-state index contributed by atoms with van der Waals surface area (Å²) in [5.41, 5.74) is 4.84. The fraction of sp³-hybridized carbons (Fsp3) is 0.333. The average Bonchev–Trinajstić information content (AvgIpc) is 2.82. The van der Waals surface area contributed by atoms with Crippen LogP contribution in [0, 0.1) is 0 Å². The van der Waals surface area contributed by atoms with Crippen molar-refractivity contribution in [3.8, 4) is 0 Å². The van der Waals surface area contributed by atoms with E-state index in [1.54, 1.807) is 23.9 Å². The zero-order valence-electron chi connectivity index (χ0n) is 18.9. The summed E-state index contributed by atoms with van der Waals surface area (Å²) >= 11 is 7.86. The van der Waals surface area contributed by atoms with Gasteiger partial charge < -0.3 is 10.1 Å². The van der Waals surface area contributed by atoms with E-state index in [2.05, 4.69) is 24.4 Å². The van der Waals surface area contributed by atoms with Crippen molar-refractivity contribution in [2.45, 2.75) is 38.5 Å². The largest absolute Gasteiger partial charge is 0.461 e. The van der Waals surface area contributed by atoms with Gasteiger partial charge in [0.05, 0.1) is 5.57 Å². The number of esters is 1. The Morgan fingerprint density at radius 1 is 1.09 bits per heavy atom. The molecule has 2 aromatic rings. The number of halogens is 1. The van der Waals surface area contributed by atoms with E-state index in [-0.39, 0.29) is 17.7 Å². The van der Waals surface area contributed by atoms with E-state index in [0.717, 1.165) is 40.4 Å². The highest BCUT2D eigenvalue weighted by Crippen LogP contribution is 2.45. The summed E-state index contributed by atoms with van der Waals surface area (Å²) in [6, 6.07) is 17.5. The molecule has 1 aliphatic carbocycles. The molecule has 0 amide bonds. The minimum absolute atomic E-state index is 0.0666. The third kappa shape index (κ3) is 5.20. The van der Waals surface area contributed by atoms with Gasteiger partial charge in [0.2, 0.25) is 0 Å². The molecule has 1 heterocycles. The van der Waals surface area contributed by atoms with Gasteiger partial charge in [0.1, 0.15) is 6.61 Å². The molecule has 1 aliphatic heterocycles. The highest BCUT2D eigenvalue weighted by atomic mass is 35.5. The van der Waals surface area contributed by atoms with Crippen LogP contribution in [0.2, 0.25) is 5.02 Å². The Bertz CT molecular complexity index is 1090. The number of thioether (sulfide) groups is 1. The molecule has 33 heavy (non-hydrogen) atoms. The lowest BCUT2D eigenvalue weighted by Crippen LogP contribution is -2.36. The van der Waals surface area contributed by atoms with Crippen LogP contribution < -0.4 is 5.32 Å². The molecule has 0 unspecified atom stereocenters. The van der Waals surface area contributed by atoms with Crippen molar-refractivity contribution in [1.29, 1.82) is 0 Å². The molecule has 4 rings (SSSR count). The average molecular weight is 482 g/mol. The monoisotopic (exact) mass is 481 g/mol. The maximum Gasteiger partial charge on any atom is 0.336 e. The van der Waals surface area contributed by atoms with E-state index >= 15 is 0 Å². The zero-order chi connectivity index (χ0) is 23.4. The van der Waals surface area contributed by atoms with E-state index in [1.165, 1.54) is 0 Å². The summed E-state index contributed by atoms with van der Waals surface area (Å²) in [7, 11) is 0. The summed E-state index contributed by atoms with van der Waals surface area (Å²) < 4.78 is 5.62. The predicted molar refractivity (Wildman–Crippen MR) is 134 cm³/mol. The maximum atomic E-state index is 13.5. The van der Waals surface area contributed by atoms with Crippen LogP contribution in [0.1, 0.15) is 49.7 Å². The molecule has 172 valence electrons. The number of carbonyl (C=O) groups is 2. The molecule has 0 saturated carbocycles. The summed E-state index contributed by atoms with van der Waals surface area (Å²) in [4.78, 5) is 26.7. The van der Waals surface area contributed by atoms with Gasteiger partial charge in [0, 0.05) is 40.1 Å². The summed E-state index contributed by atoms with van der Waals surface area (Å²) in [5.74, 6) is 1.07. The SMILES string of the molecule is CCSCCOC(=O)C1=C(C)NC2=C(C(=O)C[C@@H](c3ccccc3)C2)[C@@H]1c1ccc(Cl)cc1. The smallest absolute Gasteiger partial charge is 0.336 e. The van der Waals surface area contributed by atoms with Crippen LogP contribution in [0.3, 0.4) is 0 Å². The van der Waals surface area contributed by atoms with E-state index in [4.69, 9.17) is 16.3 Å². The van der Waals surface area contributed by atoms with Crippen molar-refractivity contribution in [2.24, 2.45) is 0 Å². The normalized spacial score (nSPS) is 20.4. The Labute approximate surface area is 204 Å². The lowest BCUT2D eigenvalue weighted by molar-refractivity contribution is -0.138. The molecule has 0 aromatic heterocycles. The van der Waals surface area contributed by atoms with Crippen molar-refractivity contribution >= 4 is 35.1 Å². The fourth-order valence-electron chi connectivity index (χ4n) is 4.67. The van der Waals surface area contributed by atoms with Gasteiger partial charge >= 0.3 is 5.97 Å². The Morgan fingerprint density at radius 2 is 1.82 bits per heavy atom. The second-order valence-corrected chi connectivity index (χ2v) is 10.1. The molecule has 0 saturated heterocycles. The Balaban J connectivity index is 1.70. The summed E-state index contributed by atoms with van der Waals surface area (Å²) in [6.45, 7) is 4.31. The molecule has 0 spiro atoms. The van der Waals surface area contributed by atoms with Gasteiger partial charge in [-0.15, -0.1) is 0 Å². The van der Waals surface area contributed by atoms with Crippen molar-refractivity contribution < 1.29 is 14.3 Å². The number of nitrogens with one attached hydrogen (secondary N) is 1. The lowest BCUT2D eigenvalue weighted by Gasteiger charge is -2.36. The molecule has 0 fully saturated rings. The number of benzene rings is 2. The first-order chi connectivity index (χ1) is 16.0. The number of rotatable bonds is 7. The topological polar surface area (TPSA) is 55.4 Å². The van der Waals surface area contributed by atoms with Gasteiger partial charge in [-0.3, -0.25) is 4.79 Å². The van der Waals surface area contributed by atoms with Crippen LogP contribution in [0.5, 0.6) is 0 Å². The van der Waals surface area contributed by atoms with Crippen molar-refractivity contribution in [3.63, 3.8) is 0 Å². The fourth-order valence-corrected chi connectivity index (χ4v) is 5.29. The minimum atomic E-state index is -0.464. The zero-order valence-corrected chi connectivity index (χ0v) is 20.5. The lowest BCUT2D eigenvalue weighted by atomic mass is 9.72. The molecule has 6 heteroatoms. The Kier molecular flexibility index (Phi) is 7.61. The summed E-state index contributed by atoms with van der Waals surface area (Å²) in [5, 5.41) is 4.01. The number of carbonyl (C=O) groups excluding carboxylic acids is 2. The first-order valence-corrected chi connectivity index (χ1v) is 12.8. The first-order valence-electron chi connectivity index (χ1n) is 11.3. The molecule has 0 radical (unpaired) electrons. The van der Waals surface area contributed by atoms with E-state index in [0.29, 0.717) is 29.2 Å². The molecule has 4 nitrogen and oxygen atoms in total. The third-order valence-electron chi connectivity index (χ3n) is 6.19. The van der Waals surface area contributed by atoms with Gasteiger partial charge in [0.15, 0.2) is 5.78 Å². The van der Waals surface area contributed by atoms with Crippen LogP contribution >= 0.6 is 23.4 Å². The van der Waals surface area contributed by atoms with Crippen molar-refractivity contribution in [2.75, 3.05) is 18.1 Å². The van der Waals surface area contributed by atoms with E-state index in [1.807, 2.05) is 37.3 Å². The predicted octanol–water partition coefficient (Wildman–Crippen LogP) is 6.00. The standard InChI is InChI=1S/C27H28ClNO3S/c1-3-33-14-13-32-27(31)24-17(2)29-22-15-20(18-7-5-4-6-8-18)16-23(30)26(22)25(24)19-9-11-21(28)12-10-19/h4-12,20,25,29H,3,13-16H2,1-2H3/t20-,25+/m0/s1. The van der Waals surface area contributed by atoms with Crippen LogP contribution in [-0.4, -0.2) is 29.9 Å². The molecule has 2 aliphatic rings. The second kappa shape index (κ2) is 10.6. The van der Waals surface area contributed by atoms with Crippen LogP contribution in [-0.2, 0) is 14.3 Å². The van der Waals surface area contributed by atoms with Crippen LogP contribution in [0.4, 0.5) is 0 Å². The number of Topliss-reactive ketones (excluding diaryl/α,β-unsaturated/α-hetero) is 1. The highest BCUT2D eigenvalue weighted by molar-refractivity contribution is 7.99. The van der Waals surface area contributed by atoms with Gasteiger partial charge in [0.25, 0.3) is 0 Å². The number of dihydropyridines is 1. The molecular formula is C27H28ClNO3S. The molecule has 1 N–H and O–H groups in total. The van der Waals surface area contributed by atoms with E-state index in [9.17, 15) is 9.59 Å². The molecule has 0 bridgehead atoms. The molecule has 2 aromatic carbocycles. The van der Waals surface area contributed by atoms with Gasteiger partial charge in [-0.25, -0.2) is 4.79 Å². The minimum Gasteiger partial charge on any atom is -0.461 e. The summed E-state index contributed by atoms with van der Waals surface area (Å²) in [6.07, 6.45) is 1.14. The maximum absolute atomic E-state index is 13.5. The number of ketones is 1. The van der Waals surface area contributed by atoms with Crippen LogP contribution in [0.15, 0.2) is 77.1 Å².